The van der Waals surface area contributed by atoms with Gasteiger partial charge in [0.2, 0.25) is 5.91 Å². The molecule has 1 aromatic rings. The van der Waals surface area contributed by atoms with Crippen molar-refractivity contribution in [3.8, 4) is 0 Å². The van der Waals surface area contributed by atoms with Crippen molar-refractivity contribution in [2.45, 2.75) is 50.5 Å². The molecule has 0 saturated carbocycles. The van der Waals surface area contributed by atoms with Crippen LogP contribution in [0.4, 0.5) is 0 Å². The molecule has 0 bridgehead atoms. The molecule has 1 N–H and O–H groups in total. The summed E-state index contributed by atoms with van der Waals surface area (Å²) in [6, 6.07) is 0. The van der Waals surface area contributed by atoms with E-state index in [1.165, 1.54) is 11.8 Å². The fourth-order valence-corrected chi connectivity index (χ4v) is 3.20. The van der Waals surface area contributed by atoms with E-state index in [0.29, 0.717) is 19.7 Å². The minimum atomic E-state index is -0.227. The lowest BCUT2D eigenvalue weighted by atomic mass is 9.88. The number of ether oxygens (including phenoxy) is 1. The van der Waals surface area contributed by atoms with Crippen LogP contribution in [0.15, 0.2) is 17.8 Å². The van der Waals surface area contributed by atoms with Gasteiger partial charge in [-0.1, -0.05) is 17.8 Å². The molecule has 0 aromatic carbocycles. The fourth-order valence-electron chi connectivity index (χ4n) is 2.68. The summed E-state index contributed by atoms with van der Waals surface area (Å²) in [5.41, 5.74) is -0.227. The van der Waals surface area contributed by atoms with E-state index in [-0.39, 0.29) is 17.4 Å². The summed E-state index contributed by atoms with van der Waals surface area (Å²) in [6.45, 7) is 9.46. The van der Waals surface area contributed by atoms with E-state index < -0.39 is 0 Å². The summed E-state index contributed by atoms with van der Waals surface area (Å²) in [5.74, 6) is 0.818. The van der Waals surface area contributed by atoms with Crippen LogP contribution < -0.4 is 5.32 Å². The number of nitrogens with zero attached hydrogens (tertiary/aromatic N) is 3. The Balaban J connectivity index is 1.96. The largest absolute Gasteiger partial charge is 0.376 e. The van der Waals surface area contributed by atoms with Crippen molar-refractivity contribution in [3.05, 3.63) is 18.5 Å². The van der Waals surface area contributed by atoms with Gasteiger partial charge in [0, 0.05) is 19.1 Å². The number of hydrogen-bond donors (Lipinski definition) is 1. The number of carbonyl (C=O) groups excluding carboxylic acids is 1. The molecule has 1 fully saturated rings. The first-order chi connectivity index (χ1) is 10.5. The molecule has 1 atom stereocenters. The highest BCUT2D eigenvalue weighted by atomic mass is 32.2. The van der Waals surface area contributed by atoms with Gasteiger partial charge < -0.3 is 14.6 Å². The monoisotopic (exact) mass is 324 g/mol. The summed E-state index contributed by atoms with van der Waals surface area (Å²) in [6.07, 6.45) is 5.27. The van der Waals surface area contributed by atoms with E-state index in [0.717, 1.165) is 23.8 Å². The summed E-state index contributed by atoms with van der Waals surface area (Å²) >= 11 is 1.53. The Hall–Kier alpha value is -1.34. The van der Waals surface area contributed by atoms with Gasteiger partial charge in [-0.3, -0.25) is 4.79 Å². The highest BCUT2D eigenvalue weighted by molar-refractivity contribution is 7.98. The molecule has 1 aliphatic rings. The zero-order valence-corrected chi connectivity index (χ0v) is 14.3. The fraction of sp³-hybridized carbons (Fsp3) is 0.667. The molecule has 22 heavy (non-hydrogen) atoms. The van der Waals surface area contributed by atoms with Crippen LogP contribution in [-0.2, 0) is 22.6 Å². The second kappa shape index (κ2) is 7.28. The second-order valence-corrected chi connectivity index (χ2v) is 6.79. The maximum atomic E-state index is 12.4. The Morgan fingerprint density at radius 1 is 1.59 bits per heavy atom. The van der Waals surface area contributed by atoms with Gasteiger partial charge in [0.15, 0.2) is 11.0 Å². The Labute approximate surface area is 135 Å². The van der Waals surface area contributed by atoms with Crippen molar-refractivity contribution < 1.29 is 9.53 Å². The number of aromatic nitrogens is 3. The Bertz CT molecular complexity index is 542. The molecule has 122 valence electrons. The van der Waals surface area contributed by atoms with Gasteiger partial charge in [-0.25, -0.2) is 0 Å². The van der Waals surface area contributed by atoms with Crippen molar-refractivity contribution >= 4 is 17.7 Å². The smallest absolute Gasteiger partial charge is 0.223 e. The van der Waals surface area contributed by atoms with Gasteiger partial charge >= 0.3 is 0 Å². The number of thioether (sulfide) groups is 1. The normalized spacial score (nSPS) is 20.6. The molecular weight excluding hydrogens is 300 g/mol. The molecule has 1 aromatic heterocycles. The Morgan fingerprint density at radius 2 is 2.36 bits per heavy atom. The molecule has 1 unspecified atom stereocenters. The van der Waals surface area contributed by atoms with Crippen LogP contribution in [0, 0.1) is 5.92 Å². The summed E-state index contributed by atoms with van der Waals surface area (Å²) in [5, 5.41) is 12.1. The zero-order valence-electron chi connectivity index (χ0n) is 13.5. The van der Waals surface area contributed by atoms with Crippen molar-refractivity contribution in [2.24, 2.45) is 5.92 Å². The van der Waals surface area contributed by atoms with Gasteiger partial charge in [0.05, 0.1) is 12.1 Å². The third-order valence-corrected chi connectivity index (χ3v) is 4.44. The summed E-state index contributed by atoms with van der Waals surface area (Å²) < 4.78 is 7.62. The number of nitrogens with one attached hydrogen (secondary N) is 1. The van der Waals surface area contributed by atoms with Crippen LogP contribution in [0.25, 0.3) is 0 Å². The number of amides is 1. The van der Waals surface area contributed by atoms with Gasteiger partial charge in [0.1, 0.15) is 0 Å². The van der Waals surface area contributed by atoms with Crippen molar-refractivity contribution in [2.75, 3.05) is 12.9 Å². The van der Waals surface area contributed by atoms with Crippen molar-refractivity contribution in [1.82, 2.24) is 20.1 Å². The van der Waals surface area contributed by atoms with Crippen molar-refractivity contribution in [3.63, 3.8) is 0 Å². The number of hydrogen-bond acceptors (Lipinski definition) is 5. The first-order valence-corrected chi connectivity index (χ1v) is 8.68. The molecule has 0 spiro atoms. The van der Waals surface area contributed by atoms with E-state index in [2.05, 4.69) is 22.1 Å². The number of rotatable bonds is 6. The number of allylic oxidation sites excluding steroid dienone is 1. The van der Waals surface area contributed by atoms with E-state index in [1.807, 2.05) is 24.7 Å². The van der Waals surface area contributed by atoms with Crippen LogP contribution in [0.2, 0.25) is 0 Å². The molecule has 1 amide bonds. The lowest BCUT2D eigenvalue weighted by Crippen LogP contribution is -2.41. The maximum Gasteiger partial charge on any atom is 0.223 e. The van der Waals surface area contributed by atoms with E-state index in [4.69, 9.17) is 4.74 Å². The van der Waals surface area contributed by atoms with Gasteiger partial charge in [-0.15, -0.1) is 16.8 Å². The predicted octanol–water partition coefficient (Wildman–Crippen LogP) is 2.01. The predicted molar refractivity (Wildman–Crippen MR) is 86.6 cm³/mol. The topological polar surface area (TPSA) is 69.0 Å². The molecule has 1 saturated heterocycles. The minimum Gasteiger partial charge on any atom is -0.376 e. The van der Waals surface area contributed by atoms with E-state index in [9.17, 15) is 4.79 Å². The molecule has 0 aliphatic carbocycles. The first kappa shape index (κ1) is 17.0. The lowest BCUT2D eigenvalue weighted by molar-refractivity contribution is -0.135. The molecule has 6 nitrogen and oxygen atoms in total. The van der Waals surface area contributed by atoms with Crippen LogP contribution in [0.1, 0.15) is 32.5 Å². The standard InChI is InChI=1S/C15H24N4O2S/c1-5-7-19-12(17-18-14(19)22-4)10-16-13(20)11-6-8-21-15(2,3)9-11/h5,11H,1,6-10H2,2-4H3,(H,16,20). The molecule has 2 rings (SSSR count). The van der Waals surface area contributed by atoms with Crippen LogP contribution in [0.5, 0.6) is 0 Å². The van der Waals surface area contributed by atoms with Gasteiger partial charge in [0.25, 0.3) is 0 Å². The van der Waals surface area contributed by atoms with Gasteiger partial charge in [-0.2, -0.15) is 0 Å². The Kier molecular flexibility index (Phi) is 5.63. The summed E-state index contributed by atoms with van der Waals surface area (Å²) in [4.78, 5) is 12.4. The third-order valence-electron chi connectivity index (χ3n) is 3.78. The van der Waals surface area contributed by atoms with E-state index >= 15 is 0 Å². The second-order valence-electron chi connectivity index (χ2n) is 6.02. The van der Waals surface area contributed by atoms with Crippen LogP contribution >= 0.6 is 11.8 Å². The Morgan fingerprint density at radius 3 is 3.00 bits per heavy atom. The highest BCUT2D eigenvalue weighted by Crippen LogP contribution is 2.28. The van der Waals surface area contributed by atoms with Crippen molar-refractivity contribution in [1.29, 1.82) is 0 Å². The van der Waals surface area contributed by atoms with E-state index in [1.54, 1.807) is 6.08 Å². The SMILES string of the molecule is C=CCn1c(CNC(=O)C2CCOC(C)(C)C2)nnc1SC. The third kappa shape index (κ3) is 4.10. The average Bonchev–Trinajstić information content (AvgIpc) is 2.86. The van der Waals surface area contributed by atoms with Crippen LogP contribution in [0.3, 0.4) is 0 Å². The lowest BCUT2D eigenvalue weighted by Gasteiger charge is -2.34. The average molecular weight is 324 g/mol. The quantitative estimate of drug-likeness (QED) is 0.640. The zero-order chi connectivity index (χ0) is 16.2. The van der Waals surface area contributed by atoms with Gasteiger partial charge in [-0.05, 0) is 32.9 Å². The minimum absolute atomic E-state index is 0.000420. The maximum absolute atomic E-state index is 12.4. The van der Waals surface area contributed by atoms with Crippen LogP contribution in [-0.4, -0.2) is 39.1 Å². The molecule has 0 radical (unpaired) electrons. The molecule has 2 heterocycles. The summed E-state index contributed by atoms with van der Waals surface area (Å²) in [7, 11) is 0. The molecule has 1 aliphatic heterocycles. The first-order valence-electron chi connectivity index (χ1n) is 7.45. The molecular formula is C15H24N4O2S. The number of carbonyl (C=O) groups is 1. The highest BCUT2D eigenvalue weighted by Gasteiger charge is 2.32. The molecule has 7 heteroatoms.